The Bertz CT molecular complexity index is 972. The molecule has 28 heavy (non-hydrogen) atoms. The van der Waals surface area contributed by atoms with Crippen LogP contribution in [0.1, 0.15) is 23.2 Å². The predicted molar refractivity (Wildman–Crippen MR) is 97.4 cm³/mol. The number of anilines is 1. The van der Waals surface area contributed by atoms with Crippen molar-refractivity contribution in [3.8, 4) is 0 Å². The number of primary sulfonamides is 1. The van der Waals surface area contributed by atoms with E-state index < -0.39 is 34.3 Å². The molecule has 2 rings (SSSR count). The van der Waals surface area contributed by atoms with Crippen molar-refractivity contribution in [2.45, 2.75) is 17.7 Å². The number of carbonyl (C=O) groups is 3. The summed E-state index contributed by atoms with van der Waals surface area (Å²) in [6, 6.07) is 10.0. The number of nitrogens with one attached hydrogen (secondary N) is 1. The van der Waals surface area contributed by atoms with Gasteiger partial charge < -0.3 is 10.1 Å². The van der Waals surface area contributed by atoms with E-state index in [2.05, 4.69) is 5.32 Å². The van der Waals surface area contributed by atoms with Gasteiger partial charge in [-0.2, -0.15) is 0 Å². The van der Waals surface area contributed by atoms with Crippen molar-refractivity contribution in [1.82, 2.24) is 0 Å². The van der Waals surface area contributed by atoms with E-state index in [1.165, 1.54) is 36.4 Å². The molecule has 0 radical (unpaired) electrons. The first-order valence-electron chi connectivity index (χ1n) is 8.02. The Morgan fingerprint density at radius 2 is 1.57 bits per heavy atom. The van der Waals surface area contributed by atoms with E-state index in [9.17, 15) is 27.2 Å². The van der Waals surface area contributed by atoms with Crippen LogP contribution in [-0.4, -0.2) is 32.7 Å². The highest BCUT2D eigenvalue weighted by molar-refractivity contribution is 7.89. The zero-order chi connectivity index (χ0) is 20.7. The lowest BCUT2D eigenvalue weighted by molar-refractivity contribution is -0.147. The molecule has 0 saturated heterocycles. The lowest BCUT2D eigenvalue weighted by Crippen LogP contribution is -2.21. The molecule has 0 spiro atoms. The van der Waals surface area contributed by atoms with Gasteiger partial charge in [0.25, 0.3) is 5.91 Å². The van der Waals surface area contributed by atoms with E-state index in [-0.39, 0.29) is 29.1 Å². The zero-order valence-electron chi connectivity index (χ0n) is 14.6. The molecule has 3 N–H and O–H groups in total. The fourth-order valence-corrected chi connectivity index (χ4v) is 2.65. The lowest BCUT2D eigenvalue weighted by Gasteiger charge is -2.07. The van der Waals surface area contributed by atoms with Crippen LogP contribution in [0.2, 0.25) is 0 Å². The summed E-state index contributed by atoms with van der Waals surface area (Å²) in [5.41, 5.74) is 0.565. The van der Waals surface area contributed by atoms with Gasteiger partial charge in [-0.05, 0) is 48.5 Å². The maximum atomic E-state index is 12.8. The number of nitrogens with two attached hydrogens (primary N) is 1. The number of carbonyl (C=O) groups excluding carboxylic acids is 3. The van der Waals surface area contributed by atoms with E-state index in [1.54, 1.807) is 0 Å². The molecule has 0 aliphatic rings. The van der Waals surface area contributed by atoms with E-state index in [0.717, 1.165) is 12.1 Å². The van der Waals surface area contributed by atoms with Crippen LogP contribution in [0.25, 0.3) is 0 Å². The maximum Gasteiger partial charge on any atom is 0.306 e. The second kappa shape index (κ2) is 9.20. The molecule has 0 fully saturated rings. The highest BCUT2D eigenvalue weighted by Gasteiger charge is 2.13. The van der Waals surface area contributed by atoms with Crippen molar-refractivity contribution in [2.75, 3.05) is 11.9 Å². The molecule has 2 aromatic carbocycles. The van der Waals surface area contributed by atoms with Gasteiger partial charge in [0.1, 0.15) is 5.82 Å². The first-order valence-corrected chi connectivity index (χ1v) is 9.57. The molecule has 0 aromatic heterocycles. The number of ether oxygens (including phenoxy) is 1. The number of amides is 1. The third-order valence-electron chi connectivity index (χ3n) is 3.55. The van der Waals surface area contributed by atoms with Crippen molar-refractivity contribution in [3.63, 3.8) is 0 Å². The molecule has 2 aromatic rings. The van der Waals surface area contributed by atoms with Gasteiger partial charge in [0.15, 0.2) is 12.4 Å². The van der Waals surface area contributed by atoms with Crippen molar-refractivity contribution < 1.29 is 31.9 Å². The minimum atomic E-state index is -3.83. The highest BCUT2D eigenvalue weighted by atomic mass is 32.2. The van der Waals surface area contributed by atoms with Gasteiger partial charge in [0.2, 0.25) is 10.0 Å². The lowest BCUT2D eigenvalue weighted by atomic mass is 10.1. The molecule has 148 valence electrons. The predicted octanol–water partition coefficient (Wildman–Crippen LogP) is 1.62. The Balaban J connectivity index is 1.75. The third kappa shape index (κ3) is 6.56. The van der Waals surface area contributed by atoms with Gasteiger partial charge in [-0.15, -0.1) is 0 Å². The van der Waals surface area contributed by atoms with E-state index in [1.807, 2.05) is 0 Å². The van der Waals surface area contributed by atoms with Crippen molar-refractivity contribution in [2.24, 2.45) is 5.14 Å². The monoisotopic (exact) mass is 408 g/mol. The number of benzene rings is 2. The molecule has 10 heteroatoms. The van der Waals surface area contributed by atoms with Gasteiger partial charge in [-0.1, -0.05) is 0 Å². The van der Waals surface area contributed by atoms with Crippen LogP contribution in [-0.2, 0) is 24.3 Å². The van der Waals surface area contributed by atoms with Gasteiger partial charge in [0, 0.05) is 17.7 Å². The zero-order valence-corrected chi connectivity index (χ0v) is 15.4. The largest absolute Gasteiger partial charge is 0.456 e. The number of sulfonamides is 1. The highest BCUT2D eigenvalue weighted by Crippen LogP contribution is 2.13. The molecule has 8 nitrogen and oxygen atoms in total. The van der Waals surface area contributed by atoms with Crippen molar-refractivity contribution >= 4 is 33.4 Å². The van der Waals surface area contributed by atoms with Crippen LogP contribution >= 0.6 is 0 Å². The van der Waals surface area contributed by atoms with Crippen LogP contribution in [0, 0.1) is 5.82 Å². The van der Waals surface area contributed by atoms with E-state index >= 15 is 0 Å². The summed E-state index contributed by atoms with van der Waals surface area (Å²) in [6.45, 7) is -0.569. The Hall–Kier alpha value is -3.11. The third-order valence-corrected chi connectivity index (χ3v) is 4.48. The molecule has 0 aliphatic heterocycles. The van der Waals surface area contributed by atoms with Crippen LogP contribution in [0.4, 0.5) is 10.1 Å². The summed E-state index contributed by atoms with van der Waals surface area (Å²) in [6.07, 6.45) is -0.367. The van der Waals surface area contributed by atoms with Crippen LogP contribution in [0.3, 0.4) is 0 Å². The molecular weight excluding hydrogens is 391 g/mol. The fourth-order valence-electron chi connectivity index (χ4n) is 2.14. The standard InChI is InChI=1S/C18H17FN2O6S/c19-13-3-1-12(2-4-13)16(22)9-10-18(24)27-11-17(23)21-14-5-7-15(8-6-14)28(20,25)26/h1-8H,9-11H2,(H,21,23)(H2,20,25,26). The van der Waals surface area contributed by atoms with Crippen LogP contribution < -0.4 is 10.5 Å². The normalized spacial score (nSPS) is 10.9. The number of Topliss-reactive ketones (excluding diaryl/α,β-unsaturated/α-hetero) is 1. The number of hydrogen-bond acceptors (Lipinski definition) is 6. The Labute approximate surface area is 160 Å². The van der Waals surface area contributed by atoms with Gasteiger partial charge >= 0.3 is 5.97 Å². The van der Waals surface area contributed by atoms with Crippen LogP contribution in [0.5, 0.6) is 0 Å². The first-order chi connectivity index (χ1) is 13.1. The van der Waals surface area contributed by atoms with Gasteiger partial charge in [-0.25, -0.2) is 17.9 Å². The molecule has 0 saturated carbocycles. The SMILES string of the molecule is NS(=O)(=O)c1ccc(NC(=O)COC(=O)CCC(=O)c2ccc(F)cc2)cc1. The maximum absolute atomic E-state index is 12.8. The minimum absolute atomic E-state index is 0.109. The number of ketones is 1. The van der Waals surface area contributed by atoms with Crippen molar-refractivity contribution in [3.05, 3.63) is 59.9 Å². The summed E-state index contributed by atoms with van der Waals surface area (Å²) in [5, 5.41) is 7.39. The average Bonchev–Trinajstić information content (AvgIpc) is 2.64. The number of rotatable bonds is 8. The van der Waals surface area contributed by atoms with Crippen molar-refractivity contribution in [1.29, 1.82) is 0 Å². The molecule has 0 bridgehead atoms. The molecule has 1 amide bonds. The molecule has 0 aliphatic carbocycles. The second-order valence-electron chi connectivity index (χ2n) is 5.71. The number of esters is 1. The van der Waals surface area contributed by atoms with E-state index in [0.29, 0.717) is 5.69 Å². The Morgan fingerprint density at radius 1 is 0.964 bits per heavy atom. The smallest absolute Gasteiger partial charge is 0.306 e. The quantitative estimate of drug-likeness (QED) is 0.504. The summed E-state index contributed by atoms with van der Waals surface area (Å²) in [7, 11) is -3.83. The average molecular weight is 408 g/mol. The minimum Gasteiger partial charge on any atom is -0.456 e. The fraction of sp³-hybridized carbons (Fsp3) is 0.167. The number of halogens is 1. The first kappa shape index (κ1) is 21.2. The molecule has 0 heterocycles. The Kier molecular flexibility index (Phi) is 6.96. The Morgan fingerprint density at radius 3 is 2.14 bits per heavy atom. The second-order valence-corrected chi connectivity index (χ2v) is 7.27. The molecule has 0 unspecified atom stereocenters. The van der Waals surface area contributed by atoms with Gasteiger partial charge in [0.05, 0.1) is 11.3 Å². The van der Waals surface area contributed by atoms with Gasteiger partial charge in [-0.3, -0.25) is 14.4 Å². The summed E-state index contributed by atoms with van der Waals surface area (Å²) < 4.78 is 39.9. The summed E-state index contributed by atoms with van der Waals surface area (Å²) in [4.78, 5) is 35.2. The topological polar surface area (TPSA) is 133 Å². The molecular formula is C18H17FN2O6S. The van der Waals surface area contributed by atoms with E-state index in [4.69, 9.17) is 9.88 Å². The van der Waals surface area contributed by atoms with Crippen LogP contribution in [0.15, 0.2) is 53.4 Å². The molecule has 0 atom stereocenters. The number of hydrogen-bond donors (Lipinski definition) is 2. The summed E-state index contributed by atoms with van der Waals surface area (Å²) in [5.74, 6) is -2.20. The summed E-state index contributed by atoms with van der Waals surface area (Å²) >= 11 is 0.